The topological polar surface area (TPSA) is 82.2 Å². The van der Waals surface area contributed by atoms with Crippen LogP contribution >= 0.6 is 0 Å². The molecular weight excluding hydrogens is 474 g/mol. The van der Waals surface area contributed by atoms with E-state index in [1.807, 2.05) is 28.8 Å². The van der Waals surface area contributed by atoms with Crippen LogP contribution in [0.5, 0.6) is 0 Å². The first-order valence-corrected chi connectivity index (χ1v) is 12.2. The highest BCUT2D eigenvalue weighted by atomic mass is 19.3. The van der Waals surface area contributed by atoms with Crippen molar-refractivity contribution in [3.63, 3.8) is 0 Å². The molecule has 0 spiro atoms. The summed E-state index contributed by atoms with van der Waals surface area (Å²) >= 11 is 0. The number of rotatable bonds is 6. The fourth-order valence-electron chi connectivity index (χ4n) is 5.25. The van der Waals surface area contributed by atoms with Crippen LogP contribution in [-0.4, -0.2) is 33.7 Å². The number of hydrogen-bond donors (Lipinski definition) is 1. The predicted molar refractivity (Wildman–Crippen MR) is 137 cm³/mol. The van der Waals surface area contributed by atoms with Crippen molar-refractivity contribution in [3.05, 3.63) is 94.5 Å². The standard InChI is InChI=1S/C29H26F2N4O2/c1-29(30,31)24-9-5-3-7-22(24)18-35-26-11-10-20(27(36)37)16-25(26)33-28(35)34-14-12-19(13-15-34)23-8-4-2-6-21(23)17-32/h2-11,16,19H,12-15,18H2,1H3,(H,36,37). The van der Waals surface area contributed by atoms with Crippen LogP contribution in [0.1, 0.15) is 58.3 Å². The summed E-state index contributed by atoms with van der Waals surface area (Å²) in [6, 6.07) is 21.1. The molecule has 0 aliphatic carbocycles. The molecule has 0 amide bonds. The first-order chi connectivity index (χ1) is 17.8. The minimum absolute atomic E-state index is 0.0447. The summed E-state index contributed by atoms with van der Waals surface area (Å²) < 4.78 is 30.7. The third-order valence-corrected chi connectivity index (χ3v) is 7.09. The highest BCUT2D eigenvalue weighted by molar-refractivity contribution is 5.93. The van der Waals surface area contributed by atoms with Gasteiger partial charge in [0.25, 0.3) is 5.92 Å². The zero-order chi connectivity index (χ0) is 26.2. The van der Waals surface area contributed by atoms with Crippen molar-refractivity contribution in [2.75, 3.05) is 18.0 Å². The first kappa shape index (κ1) is 24.4. The molecule has 188 valence electrons. The van der Waals surface area contributed by atoms with Crippen molar-refractivity contribution in [2.24, 2.45) is 0 Å². The van der Waals surface area contributed by atoms with Crippen molar-refractivity contribution in [2.45, 2.75) is 38.2 Å². The number of nitrogens with zero attached hydrogens (tertiary/aromatic N) is 4. The summed E-state index contributed by atoms with van der Waals surface area (Å²) in [6.07, 6.45) is 1.62. The van der Waals surface area contributed by atoms with Crippen LogP contribution in [-0.2, 0) is 12.5 Å². The van der Waals surface area contributed by atoms with Gasteiger partial charge < -0.3 is 14.6 Å². The highest BCUT2D eigenvalue weighted by Crippen LogP contribution is 2.35. The Morgan fingerprint density at radius 2 is 1.81 bits per heavy atom. The lowest BCUT2D eigenvalue weighted by Gasteiger charge is -2.33. The summed E-state index contributed by atoms with van der Waals surface area (Å²) in [5, 5.41) is 19.0. The summed E-state index contributed by atoms with van der Waals surface area (Å²) in [7, 11) is 0. The van der Waals surface area contributed by atoms with E-state index < -0.39 is 11.9 Å². The third kappa shape index (κ3) is 4.77. The van der Waals surface area contributed by atoms with Crippen LogP contribution in [0.3, 0.4) is 0 Å². The number of benzene rings is 3. The van der Waals surface area contributed by atoms with Crippen molar-refractivity contribution in [1.82, 2.24) is 9.55 Å². The molecule has 37 heavy (non-hydrogen) atoms. The predicted octanol–water partition coefficient (Wildman–Crippen LogP) is 6.15. The fourth-order valence-corrected chi connectivity index (χ4v) is 5.25. The van der Waals surface area contributed by atoms with Crippen LogP contribution < -0.4 is 4.90 Å². The highest BCUT2D eigenvalue weighted by Gasteiger charge is 2.29. The lowest BCUT2D eigenvalue weighted by Crippen LogP contribution is -2.35. The van der Waals surface area contributed by atoms with Gasteiger partial charge in [-0.05, 0) is 54.2 Å². The Morgan fingerprint density at radius 1 is 1.11 bits per heavy atom. The smallest absolute Gasteiger partial charge is 0.335 e. The van der Waals surface area contributed by atoms with Gasteiger partial charge in [0.2, 0.25) is 5.95 Å². The molecule has 0 atom stereocenters. The maximum Gasteiger partial charge on any atom is 0.335 e. The van der Waals surface area contributed by atoms with E-state index >= 15 is 0 Å². The van der Waals surface area contributed by atoms with Gasteiger partial charge in [-0.1, -0.05) is 42.5 Å². The molecule has 1 fully saturated rings. The van der Waals surface area contributed by atoms with Crippen molar-refractivity contribution in [1.29, 1.82) is 5.26 Å². The van der Waals surface area contributed by atoms with Gasteiger partial charge in [0.15, 0.2) is 0 Å². The number of halogens is 2. The molecule has 1 aromatic heterocycles. The van der Waals surface area contributed by atoms with E-state index in [1.54, 1.807) is 24.3 Å². The fraction of sp³-hybridized carbons (Fsp3) is 0.276. The number of alkyl halides is 2. The number of hydrogen-bond acceptors (Lipinski definition) is 4. The minimum Gasteiger partial charge on any atom is -0.478 e. The van der Waals surface area contributed by atoms with Crippen LogP contribution in [0.2, 0.25) is 0 Å². The number of piperidine rings is 1. The molecule has 0 unspecified atom stereocenters. The summed E-state index contributed by atoms with van der Waals surface area (Å²) in [5.41, 5.74) is 3.48. The van der Waals surface area contributed by atoms with Gasteiger partial charge in [-0.15, -0.1) is 0 Å². The largest absolute Gasteiger partial charge is 0.478 e. The van der Waals surface area contributed by atoms with E-state index in [2.05, 4.69) is 11.0 Å². The second-order valence-corrected chi connectivity index (χ2v) is 9.51. The van der Waals surface area contributed by atoms with Crippen LogP contribution in [0.15, 0.2) is 66.7 Å². The number of carboxylic acid groups (broad SMARTS) is 1. The van der Waals surface area contributed by atoms with Crippen LogP contribution in [0.25, 0.3) is 11.0 Å². The average Bonchev–Trinajstić information content (AvgIpc) is 3.26. The van der Waals surface area contributed by atoms with Gasteiger partial charge in [-0.25, -0.2) is 18.6 Å². The maximum atomic E-state index is 14.4. The number of imidazole rings is 1. The Balaban J connectivity index is 1.52. The van der Waals surface area contributed by atoms with E-state index in [4.69, 9.17) is 4.98 Å². The monoisotopic (exact) mass is 500 g/mol. The van der Waals surface area contributed by atoms with Crippen molar-refractivity contribution < 1.29 is 18.7 Å². The summed E-state index contributed by atoms with van der Waals surface area (Å²) in [6.45, 7) is 2.41. The van der Waals surface area contributed by atoms with Gasteiger partial charge >= 0.3 is 5.97 Å². The van der Waals surface area contributed by atoms with Crippen molar-refractivity contribution >= 4 is 23.0 Å². The number of nitriles is 1. The number of fused-ring (bicyclic) bond motifs is 1. The first-order valence-electron chi connectivity index (χ1n) is 12.2. The Hall–Kier alpha value is -4.25. The number of aromatic nitrogens is 2. The van der Waals surface area contributed by atoms with Crippen LogP contribution in [0, 0.1) is 11.3 Å². The van der Waals surface area contributed by atoms with E-state index in [0.29, 0.717) is 41.2 Å². The lowest BCUT2D eigenvalue weighted by atomic mass is 9.87. The third-order valence-electron chi connectivity index (χ3n) is 7.09. The lowest BCUT2D eigenvalue weighted by molar-refractivity contribution is 0.0164. The SMILES string of the molecule is CC(F)(F)c1ccccc1Cn1c(N2CCC(c3ccccc3C#N)CC2)nc2cc(C(=O)O)ccc21. The van der Waals surface area contributed by atoms with E-state index in [-0.39, 0.29) is 23.6 Å². The van der Waals surface area contributed by atoms with E-state index in [0.717, 1.165) is 25.3 Å². The molecule has 0 radical (unpaired) electrons. The van der Waals surface area contributed by atoms with E-state index in [1.165, 1.54) is 18.2 Å². The average molecular weight is 501 g/mol. The zero-order valence-corrected chi connectivity index (χ0v) is 20.4. The van der Waals surface area contributed by atoms with Crippen LogP contribution in [0.4, 0.5) is 14.7 Å². The molecule has 1 N–H and O–H groups in total. The van der Waals surface area contributed by atoms with E-state index in [9.17, 15) is 23.9 Å². The quantitative estimate of drug-likeness (QED) is 0.343. The van der Waals surface area contributed by atoms with Gasteiger partial charge in [-0.2, -0.15) is 5.26 Å². The molecule has 6 nitrogen and oxygen atoms in total. The summed E-state index contributed by atoms with van der Waals surface area (Å²) in [5.74, 6) is -3.19. The molecule has 1 aliphatic rings. The Labute approximate surface area is 213 Å². The molecule has 0 bridgehead atoms. The number of anilines is 1. The Bertz CT molecular complexity index is 1510. The molecule has 2 heterocycles. The molecule has 3 aromatic carbocycles. The molecule has 1 saturated heterocycles. The maximum absolute atomic E-state index is 14.4. The second kappa shape index (κ2) is 9.66. The van der Waals surface area contributed by atoms with Gasteiger partial charge in [0.1, 0.15) is 0 Å². The Kier molecular flexibility index (Phi) is 6.38. The normalized spacial score (nSPS) is 14.6. The number of carbonyl (C=O) groups is 1. The summed E-state index contributed by atoms with van der Waals surface area (Å²) in [4.78, 5) is 18.5. The molecule has 1 aliphatic heterocycles. The molecule has 5 rings (SSSR count). The molecule has 8 heteroatoms. The minimum atomic E-state index is -3.00. The molecule has 4 aromatic rings. The molecular formula is C29H26F2N4O2. The second-order valence-electron chi connectivity index (χ2n) is 9.51. The number of aromatic carboxylic acids is 1. The zero-order valence-electron chi connectivity index (χ0n) is 20.4. The Morgan fingerprint density at radius 3 is 2.51 bits per heavy atom. The van der Waals surface area contributed by atoms with Crippen molar-refractivity contribution in [3.8, 4) is 6.07 Å². The van der Waals surface area contributed by atoms with Gasteiger partial charge in [0, 0.05) is 25.6 Å². The van der Waals surface area contributed by atoms with Gasteiger partial charge in [-0.3, -0.25) is 0 Å². The van der Waals surface area contributed by atoms with Gasteiger partial charge in [0.05, 0.1) is 34.8 Å². The number of carboxylic acids is 1. The molecule has 0 saturated carbocycles.